The molecule has 2 N–H and O–H groups in total. The van der Waals surface area contributed by atoms with Crippen LogP contribution in [0.2, 0.25) is 0 Å². The molecule has 6 rings (SSSR count). The minimum absolute atomic E-state index is 0.360. The van der Waals surface area contributed by atoms with Gasteiger partial charge in [-0.15, -0.1) is 0 Å². The summed E-state index contributed by atoms with van der Waals surface area (Å²) in [5.74, 6) is 2.62. The second-order valence-electron chi connectivity index (χ2n) is 9.57. The van der Waals surface area contributed by atoms with Gasteiger partial charge in [-0.1, -0.05) is 30.3 Å². The summed E-state index contributed by atoms with van der Waals surface area (Å²) >= 11 is 0. The van der Waals surface area contributed by atoms with Crippen LogP contribution in [0.1, 0.15) is 16.7 Å². The molecule has 9 nitrogen and oxygen atoms in total. The second-order valence-corrected chi connectivity index (χ2v) is 9.57. The molecule has 0 aliphatic carbocycles. The third kappa shape index (κ3) is 5.37. The number of ether oxygens (including phenoxy) is 4. The molecule has 0 spiro atoms. The predicted octanol–water partition coefficient (Wildman–Crippen LogP) is 5.96. The lowest BCUT2D eigenvalue weighted by Gasteiger charge is -2.29. The summed E-state index contributed by atoms with van der Waals surface area (Å²) in [6.45, 7) is 3.23. The molecule has 0 unspecified atom stereocenters. The van der Waals surface area contributed by atoms with Crippen LogP contribution in [0.4, 0.5) is 16.2 Å². The first-order valence-corrected chi connectivity index (χ1v) is 13.1. The van der Waals surface area contributed by atoms with Crippen LogP contribution in [0.25, 0.3) is 11.3 Å². The minimum atomic E-state index is -1.11. The maximum absolute atomic E-state index is 11.3. The number of para-hydroxylation sites is 1. The highest BCUT2D eigenvalue weighted by atomic mass is 16.5. The van der Waals surface area contributed by atoms with Crippen molar-refractivity contribution in [2.24, 2.45) is 0 Å². The van der Waals surface area contributed by atoms with Gasteiger partial charge in [-0.25, -0.2) is 9.78 Å². The number of morpholine rings is 1. The largest absolute Gasteiger partial charge is 0.497 e. The van der Waals surface area contributed by atoms with Crippen LogP contribution < -0.4 is 24.4 Å². The molecule has 0 bridgehead atoms. The van der Waals surface area contributed by atoms with E-state index in [-0.39, 0.29) is 0 Å². The highest BCUT2D eigenvalue weighted by molar-refractivity contribution is 5.85. The Bertz CT molecular complexity index is 1530. The first-order valence-electron chi connectivity index (χ1n) is 13.1. The number of hydrogen-bond acceptors (Lipinski definition) is 7. The molecular weight excluding hydrogens is 510 g/mol. The number of aromatic nitrogens is 1. The van der Waals surface area contributed by atoms with Crippen molar-refractivity contribution in [3.63, 3.8) is 0 Å². The van der Waals surface area contributed by atoms with Crippen LogP contribution in [0.15, 0.2) is 72.8 Å². The van der Waals surface area contributed by atoms with Crippen molar-refractivity contribution in [3.8, 4) is 34.4 Å². The maximum Gasteiger partial charge on any atom is 0.409 e. The molecule has 4 aromatic rings. The normalized spacial score (nSPS) is 14.0. The third-order valence-electron chi connectivity index (χ3n) is 7.04. The van der Waals surface area contributed by atoms with Gasteiger partial charge in [-0.2, -0.15) is 0 Å². The van der Waals surface area contributed by atoms with Gasteiger partial charge >= 0.3 is 6.09 Å². The predicted molar refractivity (Wildman–Crippen MR) is 151 cm³/mol. The van der Waals surface area contributed by atoms with Crippen molar-refractivity contribution < 1.29 is 28.8 Å². The molecule has 3 heterocycles. The molecule has 1 amide bonds. The Morgan fingerprint density at radius 2 is 1.85 bits per heavy atom. The Kier molecular flexibility index (Phi) is 7.11. The molecule has 1 saturated heterocycles. The standard InChI is InChI=1S/C31H29N3O6/c1-37-23-10-8-20(9-11-23)19-39-29-18-22(34-12-14-38-15-13-34)17-27(32-29)24-5-2-4-21-16-25-26(33-31(35)36)6-3-7-28(25)40-30(21)24/h2-11,17-18,33H,12-16,19H2,1H3,(H,35,36). The molecule has 0 saturated carbocycles. The number of carbonyl (C=O) groups is 1. The van der Waals surface area contributed by atoms with E-state index in [0.29, 0.717) is 49.3 Å². The third-order valence-corrected chi connectivity index (χ3v) is 7.04. The van der Waals surface area contributed by atoms with E-state index in [9.17, 15) is 9.90 Å². The van der Waals surface area contributed by atoms with Crippen molar-refractivity contribution in [1.82, 2.24) is 4.98 Å². The Morgan fingerprint density at radius 3 is 2.62 bits per heavy atom. The number of nitrogens with one attached hydrogen (secondary N) is 1. The summed E-state index contributed by atoms with van der Waals surface area (Å²) in [6, 6.07) is 23.1. The minimum Gasteiger partial charge on any atom is -0.497 e. The van der Waals surface area contributed by atoms with E-state index in [2.05, 4.69) is 16.3 Å². The van der Waals surface area contributed by atoms with Gasteiger partial charge in [0.1, 0.15) is 23.9 Å². The average Bonchev–Trinajstić information content (AvgIpc) is 2.99. The van der Waals surface area contributed by atoms with Crippen molar-refractivity contribution in [2.45, 2.75) is 13.0 Å². The number of hydrogen-bond donors (Lipinski definition) is 2. The van der Waals surface area contributed by atoms with Gasteiger partial charge in [0, 0.05) is 48.0 Å². The molecule has 9 heteroatoms. The lowest BCUT2D eigenvalue weighted by atomic mass is 9.95. The fourth-order valence-electron chi connectivity index (χ4n) is 5.01. The van der Waals surface area contributed by atoms with Crippen LogP contribution in [0, 0.1) is 0 Å². The monoisotopic (exact) mass is 539 g/mol. The molecule has 3 aromatic carbocycles. The summed E-state index contributed by atoms with van der Waals surface area (Å²) in [7, 11) is 1.64. The van der Waals surface area contributed by atoms with E-state index < -0.39 is 6.09 Å². The van der Waals surface area contributed by atoms with Crippen LogP contribution in [-0.2, 0) is 17.8 Å². The van der Waals surface area contributed by atoms with Gasteiger partial charge < -0.3 is 29.0 Å². The summed E-state index contributed by atoms with van der Waals surface area (Å²) in [5, 5.41) is 11.7. The van der Waals surface area contributed by atoms with E-state index in [0.717, 1.165) is 52.5 Å². The van der Waals surface area contributed by atoms with E-state index in [4.69, 9.17) is 23.9 Å². The van der Waals surface area contributed by atoms with E-state index in [1.165, 1.54) is 0 Å². The number of amides is 1. The van der Waals surface area contributed by atoms with Gasteiger partial charge in [0.15, 0.2) is 0 Å². The van der Waals surface area contributed by atoms with Crippen molar-refractivity contribution in [2.75, 3.05) is 43.6 Å². The maximum atomic E-state index is 11.3. The first-order chi connectivity index (χ1) is 19.6. The second kappa shape index (κ2) is 11.2. The SMILES string of the molecule is COc1ccc(COc2cc(N3CCOCC3)cc(-c3cccc4c3Oc3cccc(NC(=O)O)c3C4)n2)cc1. The topological polar surface area (TPSA) is 102 Å². The number of methoxy groups -OCH3 is 1. The lowest BCUT2D eigenvalue weighted by Crippen LogP contribution is -2.36. The molecule has 2 aliphatic rings. The molecule has 1 aromatic heterocycles. The van der Waals surface area contributed by atoms with E-state index >= 15 is 0 Å². The number of carboxylic acid groups (broad SMARTS) is 1. The fourth-order valence-corrected chi connectivity index (χ4v) is 5.01. The molecule has 0 radical (unpaired) electrons. The smallest absolute Gasteiger partial charge is 0.409 e. The number of nitrogens with zero attached hydrogens (tertiary/aromatic N) is 2. The summed E-state index contributed by atoms with van der Waals surface area (Å²) in [6.07, 6.45) is -0.585. The van der Waals surface area contributed by atoms with Gasteiger partial charge in [0.05, 0.1) is 31.7 Å². The van der Waals surface area contributed by atoms with E-state index in [1.54, 1.807) is 19.2 Å². The van der Waals surface area contributed by atoms with Crippen molar-refractivity contribution in [3.05, 3.63) is 89.5 Å². The Hall–Kier alpha value is -4.76. The van der Waals surface area contributed by atoms with E-state index in [1.807, 2.05) is 54.6 Å². The molecule has 1 fully saturated rings. The summed E-state index contributed by atoms with van der Waals surface area (Å²) in [4.78, 5) is 18.5. The number of anilines is 2. The van der Waals surface area contributed by atoms with Crippen LogP contribution in [-0.4, -0.2) is 49.6 Å². The van der Waals surface area contributed by atoms with Crippen LogP contribution in [0.3, 0.4) is 0 Å². The first kappa shape index (κ1) is 25.5. The number of benzene rings is 3. The zero-order valence-corrected chi connectivity index (χ0v) is 22.1. The van der Waals surface area contributed by atoms with Gasteiger partial charge in [0.2, 0.25) is 5.88 Å². The van der Waals surface area contributed by atoms with Gasteiger partial charge in [-0.3, -0.25) is 5.32 Å². The molecule has 2 aliphatic heterocycles. The Morgan fingerprint density at radius 1 is 1.05 bits per heavy atom. The lowest BCUT2D eigenvalue weighted by molar-refractivity contribution is 0.122. The van der Waals surface area contributed by atoms with Crippen LogP contribution in [0.5, 0.6) is 23.1 Å². The Labute approximate surface area is 231 Å². The van der Waals surface area contributed by atoms with Gasteiger partial charge in [0.25, 0.3) is 0 Å². The number of rotatable bonds is 7. The highest BCUT2D eigenvalue weighted by Crippen LogP contribution is 2.45. The summed E-state index contributed by atoms with van der Waals surface area (Å²) < 4.78 is 23.4. The number of fused-ring (bicyclic) bond motifs is 2. The molecule has 40 heavy (non-hydrogen) atoms. The fraction of sp³-hybridized carbons (Fsp3) is 0.226. The summed E-state index contributed by atoms with van der Waals surface area (Å²) in [5.41, 5.74) is 5.83. The zero-order chi connectivity index (χ0) is 27.5. The van der Waals surface area contributed by atoms with Crippen molar-refractivity contribution in [1.29, 1.82) is 0 Å². The van der Waals surface area contributed by atoms with Gasteiger partial charge in [-0.05, 0) is 42.0 Å². The highest BCUT2D eigenvalue weighted by Gasteiger charge is 2.25. The average molecular weight is 540 g/mol. The zero-order valence-electron chi connectivity index (χ0n) is 22.1. The quantitative estimate of drug-likeness (QED) is 0.261. The molecular formula is C31H29N3O6. The van der Waals surface area contributed by atoms with Crippen LogP contribution >= 0.6 is 0 Å². The number of pyridine rings is 1. The Balaban J connectivity index is 1.35. The molecule has 204 valence electrons. The molecule has 0 atom stereocenters. The van der Waals surface area contributed by atoms with Crippen molar-refractivity contribution >= 4 is 17.5 Å².